The summed E-state index contributed by atoms with van der Waals surface area (Å²) in [5.41, 5.74) is 0. The standard InChI is InChI=1S/C16H29NO2/c1-2-13-8-9-14(16(18)19)15(12-13)17-10-6-4-3-5-7-11-17/h13-15H,2-12H2,1H3,(H,18,19). The summed E-state index contributed by atoms with van der Waals surface area (Å²) in [6.07, 6.45) is 10.8. The summed E-state index contributed by atoms with van der Waals surface area (Å²) in [4.78, 5) is 14.0. The van der Waals surface area contributed by atoms with Crippen LogP contribution >= 0.6 is 0 Å². The monoisotopic (exact) mass is 267 g/mol. The predicted molar refractivity (Wildman–Crippen MR) is 77.2 cm³/mol. The first kappa shape index (κ1) is 14.8. The Labute approximate surface area is 117 Å². The van der Waals surface area contributed by atoms with Crippen LogP contribution in [0.5, 0.6) is 0 Å². The lowest BCUT2D eigenvalue weighted by atomic mass is 9.76. The van der Waals surface area contributed by atoms with Gasteiger partial charge < -0.3 is 5.11 Å². The molecule has 3 heteroatoms. The molecule has 1 N–H and O–H groups in total. The topological polar surface area (TPSA) is 40.5 Å². The van der Waals surface area contributed by atoms with Gasteiger partial charge in [-0.05, 0) is 51.1 Å². The molecule has 110 valence electrons. The second kappa shape index (κ2) is 7.28. The number of hydrogen-bond donors (Lipinski definition) is 1. The lowest BCUT2D eigenvalue weighted by Gasteiger charge is -2.41. The van der Waals surface area contributed by atoms with E-state index in [1.165, 1.54) is 38.5 Å². The highest BCUT2D eigenvalue weighted by Crippen LogP contribution is 2.35. The zero-order chi connectivity index (χ0) is 13.7. The Balaban J connectivity index is 2.03. The van der Waals surface area contributed by atoms with Crippen LogP contribution in [0, 0.1) is 11.8 Å². The highest BCUT2D eigenvalue weighted by atomic mass is 16.4. The summed E-state index contributed by atoms with van der Waals surface area (Å²) < 4.78 is 0. The van der Waals surface area contributed by atoms with Crippen LogP contribution in [0.4, 0.5) is 0 Å². The molecule has 2 rings (SSSR count). The van der Waals surface area contributed by atoms with Crippen molar-refractivity contribution in [2.24, 2.45) is 11.8 Å². The Morgan fingerprint density at radius 3 is 2.32 bits per heavy atom. The molecule has 1 aliphatic heterocycles. The summed E-state index contributed by atoms with van der Waals surface area (Å²) in [6.45, 7) is 4.48. The van der Waals surface area contributed by atoms with Gasteiger partial charge in [-0.3, -0.25) is 9.69 Å². The van der Waals surface area contributed by atoms with Gasteiger partial charge in [0.05, 0.1) is 5.92 Å². The van der Waals surface area contributed by atoms with Crippen molar-refractivity contribution in [1.82, 2.24) is 4.90 Å². The van der Waals surface area contributed by atoms with Crippen molar-refractivity contribution in [3.8, 4) is 0 Å². The molecule has 19 heavy (non-hydrogen) atoms. The van der Waals surface area contributed by atoms with E-state index < -0.39 is 5.97 Å². The third kappa shape index (κ3) is 3.95. The van der Waals surface area contributed by atoms with E-state index in [9.17, 15) is 9.90 Å². The Morgan fingerprint density at radius 2 is 1.74 bits per heavy atom. The fourth-order valence-electron chi connectivity index (χ4n) is 3.90. The fourth-order valence-corrected chi connectivity index (χ4v) is 3.90. The number of nitrogens with zero attached hydrogens (tertiary/aromatic N) is 1. The minimum Gasteiger partial charge on any atom is -0.481 e. The normalized spacial score (nSPS) is 34.5. The molecular weight excluding hydrogens is 238 g/mol. The first-order valence-electron chi connectivity index (χ1n) is 8.19. The lowest BCUT2D eigenvalue weighted by Crippen LogP contribution is -2.48. The highest BCUT2D eigenvalue weighted by molar-refractivity contribution is 5.71. The molecule has 1 saturated carbocycles. The third-order valence-corrected chi connectivity index (χ3v) is 5.18. The molecule has 3 unspecified atom stereocenters. The highest BCUT2D eigenvalue weighted by Gasteiger charge is 2.37. The fraction of sp³-hybridized carbons (Fsp3) is 0.938. The van der Waals surface area contributed by atoms with E-state index >= 15 is 0 Å². The minimum atomic E-state index is -0.568. The van der Waals surface area contributed by atoms with Crippen molar-refractivity contribution in [1.29, 1.82) is 0 Å². The number of carbonyl (C=O) groups is 1. The zero-order valence-electron chi connectivity index (χ0n) is 12.3. The van der Waals surface area contributed by atoms with E-state index in [2.05, 4.69) is 11.8 Å². The van der Waals surface area contributed by atoms with E-state index in [4.69, 9.17) is 0 Å². The average molecular weight is 267 g/mol. The van der Waals surface area contributed by atoms with Gasteiger partial charge in [0.25, 0.3) is 0 Å². The van der Waals surface area contributed by atoms with Crippen LogP contribution in [0.3, 0.4) is 0 Å². The van der Waals surface area contributed by atoms with E-state index in [-0.39, 0.29) is 5.92 Å². The zero-order valence-corrected chi connectivity index (χ0v) is 12.3. The molecule has 0 aromatic rings. The van der Waals surface area contributed by atoms with Gasteiger partial charge in [-0.25, -0.2) is 0 Å². The van der Waals surface area contributed by atoms with Gasteiger partial charge in [0.15, 0.2) is 0 Å². The summed E-state index contributed by atoms with van der Waals surface area (Å²) in [6, 6.07) is 0.300. The van der Waals surface area contributed by atoms with Crippen LogP contribution in [0.2, 0.25) is 0 Å². The van der Waals surface area contributed by atoms with Gasteiger partial charge in [-0.2, -0.15) is 0 Å². The van der Waals surface area contributed by atoms with E-state index in [0.717, 1.165) is 38.3 Å². The quantitative estimate of drug-likeness (QED) is 0.850. The van der Waals surface area contributed by atoms with Crippen molar-refractivity contribution in [3.05, 3.63) is 0 Å². The van der Waals surface area contributed by atoms with Crippen LogP contribution < -0.4 is 0 Å². The second-order valence-electron chi connectivity index (χ2n) is 6.40. The van der Waals surface area contributed by atoms with E-state index in [0.29, 0.717) is 6.04 Å². The Morgan fingerprint density at radius 1 is 1.11 bits per heavy atom. The average Bonchev–Trinajstić information content (AvgIpc) is 2.37. The Bertz CT molecular complexity index is 284. The minimum absolute atomic E-state index is 0.123. The number of likely N-dealkylation sites (tertiary alicyclic amines) is 1. The molecule has 0 amide bonds. The maximum Gasteiger partial charge on any atom is 0.308 e. The van der Waals surface area contributed by atoms with Crippen molar-refractivity contribution >= 4 is 5.97 Å². The molecule has 2 fully saturated rings. The van der Waals surface area contributed by atoms with Gasteiger partial charge in [0.2, 0.25) is 0 Å². The molecular formula is C16H29NO2. The lowest BCUT2D eigenvalue weighted by molar-refractivity contribution is -0.146. The van der Waals surface area contributed by atoms with Crippen molar-refractivity contribution in [3.63, 3.8) is 0 Å². The number of carboxylic acid groups (broad SMARTS) is 1. The largest absolute Gasteiger partial charge is 0.481 e. The van der Waals surface area contributed by atoms with Gasteiger partial charge in [0.1, 0.15) is 0 Å². The van der Waals surface area contributed by atoms with Crippen LogP contribution in [0.15, 0.2) is 0 Å². The first-order valence-corrected chi connectivity index (χ1v) is 8.19. The Hall–Kier alpha value is -0.570. The van der Waals surface area contributed by atoms with Crippen molar-refractivity contribution in [2.45, 2.75) is 70.8 Å². The smallest absolute Gasteiger partial charge is 0.308 e. The first-order chi connectivity index (χ1) is 9.22. The summed E-state index contributed by atoms with van der Waals surface area (Å²) in [5, 5.41) is 9.50. The van der Waals surface area contributed by atoms with Crippen LogP contribution in [0.25, 0.3) is 0 Å². The van der Waals surface area contributed by atoms with Gasteiger partial charge in [-0.15, -0.1) is 0 Å². The number of rotatable bonds is 3. The SMILES string of the molecule is CCC1CCC(C(=O)O)C(N2CCCCCCC2)C1. The third-order valence-electron chi connectivity index (χ3n) is 5.18. The van der Waals surface area contributed by atoms with Gasteiger partial charge >= 0.3 is 5.97 Å². The van der Waals surface area contributed by atoms with Crippen LogP contribution in [0.1, 0.15) is 64.7 Å². The molecule has 1 heterocycles. The van der Waals surface area contributed by atoms with Gasteiger partial charge in [-0.1, -0.05) is 32.6 Å². The van der Waals surface area contributed by atoms with E-state index in [1.807, 2.05) is 0 Å². The molecule has 0 aromatic carbocycles. The Kier molecular flexibility index (Phi) is 5.68. The number of hydrogen-bond acceptors (Lipinski definition) is 2. The van der Waals surface area contributed by atoms with Crippen LogP contribution in [-0.2, 0) is 4.79 Å². The van der Waals surface area contributed by atoms with Crippen LogP contribution in [-0.4, -0.2) is 35.1 Å². The van der Waals surface area contributed by atoms with Crippen molar-refractivity contribution in [2.75, 3.05) is 13.1 Å². The number of carboxylic acids is 1. The summed E-state index contributed by atoms with van der Waals surface area (Å²) >= 11 is 0. The molecule has 1 saturated heterocycles. The van der Waals surface area contributed by atoms with Crippen molar-refractivity contribution < 1.29 is 9.90 Å². The second-order valence-corrected chi connectivity index (χ2v) is 6.40. The molecule has 2 aliphatic rings. The summed E-state index contributed by atoms with van der Waals surface area (Å²) in [7, 11) is 0. The molecule has 0 aromatic heterocycles. The molecule has 1 aliphatic carbocycles. The molecule has 0 spiro atoms. The van der Waals surface area contributed by atoms with E-state index in [1.54, 1.807) is 0 Å². The molecule has 3 nitrogen and oxygen atoms in total. The van der Waals surface area contributed by atoms with Gasteiger partial charge in [0, 0.05) is 6.04 Å². The predicted octanol–water partition coefficient (Wildman–Crippen LogP) is 3.53. The summed E-state index contributed by atoms with van der Waals surface area (Å²) in [5.74, 6) is 0.0508. The molecule has 0 bridgehead atoms. The number of aliphatic carboxylic acids is 1. The maximum absolute atomic E-state index is 11.5. The maximum atomic E-state index is 11.5. The molecule has 0 radical (unpaired) electrons. The molecule has 3 atom stereocenters.